The molecule has 76 valence electrons. The van der Waals surface area contributed by atoms with Crippen molar-refractivity contribution in [1.82, 2.24) is 9.97 Å². The van der Waals surface area contributed by atoms with Gasteiger partial charge < -0.3 is 5.73 Å². The lowest BCUT2D eigenvalue weighted by molar-refractivity contribution is -0.117. The highest BCUT2D eigenvalue weighted by Crippen LogP contribution is 2.05. The Balaban J connectivity index is 2.65. The molecule has 1 rings (SSSR count). The molecular weight excluding hydrogens is 204 g/mol. The van der Waals surface area contributed by atoms with Gasteiger partial charge in [0, 0.05) is 6.20 Å². The molecule has 1 aromatic rings. The molecule has 0 unspecified atom stereocenters. The number of nitrogens with two attached hydrogens (primary N) is 1. The van der Waals surface area contributed by atoms with Crippen LogP contribution in [-0.2, 0) is 4.79 Å². The zero-order valence-corrected chi connectivity index (χ0v) is 8.45. The zero-order chi connectivity index (χ0) is 10.6. The van der Waals surface area contributed by atoms with Crippen LogP contribution in [0, 0.1) is 0 Å². The van der Waals surface area contributed by atoms with Gasteiger partial charge in [0.15, 0.2) is 0 Å². The minimum atomic E-state index is -0.544. The number of hydrogen-bond donors (Lipinski definition) is 2. The van der Waals surface area contributed by atoms with Crippen LogP contribution >= 0.6 is 11.6 Å². The summed E-state index contributed by atoms with van der Waals surface area (Å²) < 4.78 is 0. The van der Waals surface area contributed by atoms with Crippen LogP contribution in [0.1, 0.15) is 13.3 Å². The first-order valence-electron chi connectivity index (χ1n) is 4.18. The second-order valence-corrected chi connectivity index (χ2v) is 3.09. The Kier molecular flexibility index (Phi) is 3.79. The highest BCUT2D eigenvalue weighted by Gasteiger charge is 2.11. The summed E-state index contributed by atoms with van der Waals surface area (Å²) in [4.78, 5) is 18.9. The molecule has 0 aliphatic rings. The van der Waals surface area contributed by atoms with Crippen LogP contribution in [-0.4, -0.2) is 21.9 Å². The molecule has 0 saturated heterocycles. The average Bonchev–Trinajstić information content (AvgIpc) is 2.16. The van der Waals surface area contributed by atoms with Gasteiger partial charge in [-0.25, -0.2) is 9.97 Å². The van der Waals surface area contributed by atoms with Crippen molar-refractivity contribution >= 4 is 23.5 Å². The van der Waals surface area contributed by atoms with Crippen LogP contribution in [0.5, 0.6) is 0 Å². The normalized spacial score (nSPS) is 12.2. The molecule has 0 saturated carbocycles. The van der Waals surface area contributed by atoms with Gasteiger partial charge in [0.2, 0.25) is 11.9 Å². The number of nitrogens with one attached hydrogen (secondary N) is 1. The smallest absolute Gasteiger partial charge is 0.243 e. The van der Waals surface area contributed by atoms with Crippen molar-refractivity contribution < 1.29 is 4.79 Å². The largest absolute Gasteiger partial charge is 0.320 e. The lowest BCUT2D eigenvalue weighted by Crippen LogP contribution is -2.35. The van der Waals surface area contributed by atoms with Crippen LogP contribution in [0.3, 0.4) is 0 Å². The standard InChI is InChI=1S/C8H11ClN4O/c1-2-5(10)7(14)13-8-11-4-3-6(9)12-8/h3-5H,2,10H2,1H3,(H,11,12,13,14)/t5-/m1/s1. The quantitative estimate of drug-likeness (QED) is 0.730. The van der Waals surface area contributed by atoms with Gasteiger partial charge in [-0.15, -0.1) is 0 Å². The van der Waals surface area contributed by atoms with Crippen LogP contribution < -0.4 is 11.1 Å². The molecule has 0 fully saturated rings. The van der Waals surface area contributed by atoms with Crippen molar-refractivity contribution in [3.63, 3.8) is 0 Å². The summed E-state index contributed by atoms with van der Waals surface area (Å²) in [6.45, 7) is 1.82. The Labute approximate surface area is 86.7 Å². The average molecular weight is 215 g/mol. The summed E-state index contributed by atoms with van der Waals surface area (Å²) >= 11 is 5.61. The number of amides is 1. The Bertz CT molecular complexity index is 331. The highest BCUT2D eigenvalue weighted by molar-refractivity contribution is 6.29. The second kappa shape index (κ2) is 4.88. The van der Waals surface area contributed by atoms with Crippen LogP contribution in [0.4, 0.5) is 5.95 Å². The third-order valence-electron chi connectivity index (χ3n) is 1.63. The molecule has 0 radical (unpaired) electrons. The van der Waals surface area contributed by atoms with E-state index in [4.69, 9.17) is 17.3 Å². The SMILES string of the molecule is CC[C@@H](N)C(=O)Nc1nccc(Cl)n1. The Hall–Kier alpha value is -1.20. The Morgan fingerprint density at radius 3 is 3.07 bits per heavy atom. The van der Waals surface area contributed by atoms with E-state index in [-0.39, 0.29) is 17.0 Å². The number of aromatic nitrogens is 2. The molecule has 1 aromatic heterocycles. The summed E-state index contributed by atoms with van der Waals surface area (Å²) in [5.74, 6) is -0.138. The fourth-order valence-corrected chi connectivity index (χ4v) is 0.922. The van der Waals surface area contributed by atoms with E-state index in [1.165, 1.54) is 12.3 Å². The maximum Gasteiger partial charge on any atom is 0.243 e. The van der Waals surface area contributed by atoms with Crippen LogP contribution in [0.25, 0.3) is 0 Å². The van der Waals surface area contributed by atoms with Gasteiger partial charge in [-0.2, -0.15) is 0 Å². The summed E-state index contributed by atoms with van der Waals surface area (Å²) in [6.07, 6.45) is 2.02. The summed E-state index contributed by atoms with van der Waals surface area (Å²) in [5.41, 5.74) is 5.50. The third kappa shape index (κ3) is 2.93. The molecule has 0 bridgehead atoms. The fourth-order valence-electron chi connectivity index (χ4n) is 0.785. The van der Waals surface area contributed by atoms with Gasteiger partial charge in [0.05, 0.1) is 6.04 Å². The summed E-state index contributed by atoms with van der Waals surface area (Å²) in [7, 11) is 0. The van der Waals surface area contributed by atoms with Crippen molar-refractivity contribution in [1.29, 1.82) is 0 Å². The first-order chi connectivity index (χ1) is 6.63. The molecular formula is C8H11ClN4O. The molecule has 1 amide bonds. The number of anilines is 1. The van der Waals surface area contributed by atoms with Gasteiger partial charge in [0.25, 0.3) is 0 Å². The van der Waals surface area contributed by atoms with E-state index < -0.39 is 6.04 Å². The molecule has 5 nitrogen and oxygen atoms in total. The third-order valence-corrected chi connectivity index (χ3v) is 1.84. The maximum absolute atomic E-state index is 11.3. The highest BCUT2D eigenvalue weighted by atomic mass is 35.5. The molecule has 6 heteroatoms. The van der Waals surface area contributed by atoms with Crippen molar-refractivity contribution in [2.45, 2.75) is 19.4 Å². The van der Waals surface area contributed by atoms with E-state index in [0.29, 0.717) is 6.42 Å². The predicted octanol–water partition coefficient (Wildman–Crippen LogP) is 0.806. The first kappa shape index (κ1) is 10.9. The maximum atomic E-state index is 11.3. The number of hydrogen-bond acceptors (Lipinski definition) is 4. The van der Waals surface area contributed by atoms with Crippen LogP contribution in [0.2, 0.25) is 5.15 Å². The van der Waals surface area contributed by atoms with Gasteiger partial charge in [-0.1, -0.05) is 18.5 Å². The van der Waals surface area contributed by atoms with Crippen molar-refractivity contribution in [3.05, 3.63) is 17.4 Å². The second-order valence-electron chi connectivity index (χ2n) is 2.71. The van der Waals surface area contributed by atoms with Crippen molar-refractivity contribution in [3.8, 4) is 0 Å². The molecule has 0 aromatic carbocycles. The number of carbonyl (C=O) groups is 1. The predicted molar refractivity (Wildman–Crippen MR) is 53.9 cm³/mol. The van der Waals surface area contributed by atoms with E-state index in [1.807, 2.05) is 6.92 Å². The van der Waals surface area contributed by atoms with E-state index in [9.17, 15) is 4.79 Å². The van der Waals surface area contributed by atoms with E-state index in [2.05, 4.69) is 15.3 Å². The molecule has 3 N–H and O–H groups in total. The zero-order valence-electron chi connectivity index (χ0n) is 7.70. The number of rotatable bonds is 3. The molecule has 0 aliphatic heterocycles. The molecule has 0 spiro atoms. The lowest BCUT2D eigenvalue weighted by atomic mass is 10.2. The van der Waals surface area contributed by atoms with Gasteiger partial charge in [-0.3, -0.25) is 10.1 Å². The van der Waals surface area contributed by atoms with Crippen LogP contribution in [0.15, 0.2) is 12.3 Å². The van der Waals surface area contributed by atoms with Crippen molar-refractivity contribution in [2.24, 2.45) is 5.73 Å². The molecule has 14 heavy (non-hydrogen) atoms. The monoisotopic (exact) mass is 214 g/mol. The number of nitrogens with zero attached hydrogens (tertiary/aromatic N) is 2. The van der Waals surface area contributed by atoms with Gasteiger partial charge >= 0.3 is 0 Å². The molecule has 1 heterocycles. The number of carbonyl (C=O) groups excluding carboxylic acids is 1. The van der Waals surface area contributed by atoms with Crippen molar-refractivity contribution in [2.75, 3.05) is 5.32 Å². The van der Waals surface area contributed by atoms with E-state index in [0.717, 1.165) is 0 Å². The minimum Gasteiger partial charge on any atom is -0.320 e. The van der Waals surface area contributed by atoms with E-state index >= 15 is 0 Å². The number of halogens is 1. The first-order valence-corrected chi connectivity index (χ1v) is 4.56. The topological polar surface area (TPSA) is 80.9 Å². The van der Waals surface area contributed by atoms with Gasteiger partial charge in [-0.05, 0) is 12.5 Å². The lowest BCUT2D eigenvalue weighted by Gasteiger charge is -2.08. The fraction of sp³-hybridized carbons (Fsp3) is 0.375. The minimum absolute atomic E-state index is 0.173. The van der Waals surface area contributed by atoms with Gasteiger partial charge in [0.1, 0.15) is 5.15 Å². The Morgan fingerprint density at radius 1 is 1.79 bits per heavy atom. The summed E-state index contributed by atoms with van der Waals surface area (Å²) in [5, 5.41) is 2.74. The Morgan fingerprint density at radius 2 is 2.50 bits per heavy atom. The molecule has 1 atom stereocenters. The van der Waals surface area contributed by atoms with E-state index in [1.54, 1.807) is 0 Å². The summed E-state index contributed by atoms with van der Waals surface area (Å²) in [6, 6.07) is 0.981. The molecule has 0 aliphatic carbocycles.